The summed E-state index contributed by atoms with van der Waals surface area (Å²) >= 11 is 3.58. The minimum absolute atomic E-state index is 0.107. The van der Waals surface area contributed by atoms with Crippen LogP contribution in [0.4, 0.5) is 0 Å². The number of hydrogen-bond acceptors (Lipinski definition) is 1. The summed E-state index contributed by atoms with van der Waals surface area (Å²) in [5, 5.41) is 0. The van der Waals surface area contributed by atoms with Gasteiger partial charge in [-0.3, -0.25) is 4.79 Å². The van der Waals surface area contributed by atoms with Crippen LogP contribution in [0, 0.1) is 5.41 Å². The first kappa shape index (κ1) is 12.0. The molecule has 0 aromatic carbocycles. The SMILES string of the molecule is CC(C)(C)CC(=O)N1CCCC(Br)C1. The number of likely N-dealkylation sites (tertiary alicyclic amines) is 1. The van der Waals surface area contributed by atoms with Crippen molar-refractivity contribution < 1.29 is 4.79 Å². The number of rotatable bonds is 1. The van der Waals surface area contributed by atoms with E-state index in [0.29, 0.717) is 17.2 Å². The highest BCUT2D eigenvalue weighted by Crippen LogP contribution is 2.23. The minimum Gasteiger partial charge on any atom is -0.342 e. The summed E-state index contributed by atoms with van der Waals surface area (Å²) in [5.41, 5.74) is 0.107. The van der Waals surface area contributed by atoms with Crippen LogP contribution in [0.3, 0.4) is 0 Å². The number of carbonyl (C=O) groups is 1. The van der Waals surface area contributed by atoms with Crippen LogP contribution in [0.5, 0.6) is 0 Å². The number of amides is 1. The number of nitrogens with zero attached hydrogens (tertiary/aromatic N) is 1. The van der Waals surface area contributed by atoms with Crippen molar-refractivity contribution in [1.29, 1.82) is 0 Å². The number of alkyl halides is 1. The van der Waals surface area contributed by atoms with Gasteiger partial charge in [0.1, 0.15) is 0 Å². The van der Waals surface area contributed by atoms with E-state index in [0.717, 1.165) is 19.5 Å². The molecule has 1 rings (SSSR count). The molecule has 14 heavy (non-hydrogen) atoms. The Bertz CT molecular complexity index is 210. The number of halogens is 1. The summed E-state index contributed by atoms with van der Waals surface area (Å²) in [4.78, 5) is 14.4. The third kappa shape index (κ3) is 3.99. The molecule has 82 valence electrons. The molecule has 1 aliphatic heterocycles. The van der Waals surface area contributed by atoms with Crippen molar-refractivity contribution >= 4 is 21.8 Å². The maximum absolute atomic E-state index is 11.9. The second kappa shape index (κ2) is 4.65. The Labute approximate surface area is 95.2 Å². The van der Waals surface area contributed by atoms with Crippen molar-refractivity contribution in [1.82, 2.24) is 4.90 Å². The molecule has 0 aliphatic carbocycles. The third-order valence-electron chi connectivity index (χ3n) is 2.40. The highest BCUT2D eigenvalue weighted by Gasteiger charge is 2.25. The second-order valence-electron chi connectivity index (χ2n) is 5.32. The van der Waals surface area contributed by atoms with E-state index in [1.165, 1.54) is 6.42 Å². The molecule has 0 spiro atoms. The Hall–Kier alpha value is -0.0500. The Balaban J connectivity index is 2.44. The van der Waals surface area contributed by atoms with Crippen molar-refractivity contribution in [3.05, 3.63) is 0 Å². The first-order chi connectivity index (χ1) is 6.38. The lowest BCUT2D eigenvalue weighted by atomic mass is 9.91. The topological polar surface area (TPSA) is 20.3 Å². The van der Waals surface area contributed by atoms with E-state index in [1.54, 1.807) is 0 Å². The molecule has 1 fully saturated rings. The van der Waals surface area contributed by atoms with Gasteiger partial charge in [-0.05, 0) is 18.3 Å². The average molecular weight is 262 g/mol. The van der Waals surface area contributed by atoms with Crippen molar-refractivity contribution in [2.75, 3.05) is 13.1 Å². The van der Waals surface area contributed by atoms with Crippen molar-refractivity contribution in [2.45, 2.75) is 44.9 Å². The fourth-order valence-electron chi connectivity index (χ4n) is 1.72. The van der Waals surface area contributed by atoms with E-state index in [2.05, 4.69) is 36.7 Å². The second-order valence-corrected chi connectivity index (χ2v) is 6.61. The molecule has 2 nitrogen and oxygen atoms in total. The van der Waals surface area contributed by atoms with Gasteiger partial charge in [-0.1, -0.05) is 36.7 Å². The van der Waals surface area contributed by atoms with Crippen LogP contribution in [0.25, 0.3) is 0 Å². The Kier molecular flexibility index (Phi) is 3.99. The summed E-state index contributed by atoms with van der Waals surface area (Å²) in [6.45, 7) is 8.16. The van der Waals surface area contributed by atoms with Gasteiger partial charge in [0, 0.05) is 24.3 Å². The standard InChI is InChI=1S/C11H20BrNO/c1-11(2,3)7-10(14)13-6-4-5-9(12)8-13/h9H,4-8H2,1-3H3. The predicted octanol–water partition coefficient (Wildman–Crippen LogP) is 2.81. The van der Waals surface area contributed by atoms with Crippen molar-refractivity contribution in [2.24, 2.45) is 5.41 Å². The van der Waals surface area contributed by atoms with Gasteiger partial charge in [0.15, 0.2) is 0 Å². The molecule has 1 atom stereocenters. The zero-order valence-electron chi connectivity index (χ0n) is 9.35. The zero-order chi connectivity index (χ0) is 10.8. The third-order valence-corrected chi connectivity index (χ3v) is 3.15. The highest BCUT2D eigenvalue weighted by atomic mass is 79.9. The summed E-state index contributed by atoms with van der Waals surface area (Å²) in [5.74, 6) is 0.307. The molecule has 1 unspecified atom stereocenters. The molecule has 0 bridgehead atoms. The maximum Gasteiger partial charge on any atom is 0.223 e. The molecule has 0 N–H and O–H groups in total. The van der Waals surface area contributed by atoms with Crippen LogP contribution < -0.4 is 0 Å². The molecule has 1 amide bonds. The minimum atomic E-state index is 0.107. The normalized spacial score (nSPS) is 23.7. The molecule has 3 heteroatoms. The van der Waals surface area contributed by atoms with Crippen molar-refractivity contribution in [3.63, 3.8) is 0 Å². The summed E-state index contributed by atoms with van der Waals surface area (Å²) in [7, 11) is 0. The number of piperidine rings is 1. The van der Waals surface area contributed by atoms with E-state index < -0.39 is 0 Å². The Morgan fingerprint density at radius 2 is 2.14 bits per heavy atom. The molecular weight excluding hydrogens is 242 g/mol. The summed E-state index contributed by atoms with van der Waals surface area (Å²) in [6.07, 6.45) is 2.98. The van der Waals surface area contributed by atoms with E-state index >= 15 is 0 Å². The molecular formula is C11H20BrNO. The quantitative estimate of drug-likeness (QED) is 0.665. The first-order valence-corrected chi connectivity index (χ1v) is 6.22. The van der Waals surface area contributed by atoms with Gasteiger partial charge in [-0.2, -0.15) is 0 Å². The van der Waals surface area contributed by atoms with Gasteiger partial charge in [0.25, 0.3) is 0 Å². The molecule has 0 saturated carbocycles. The van der Waals surface area contributed by atoms with E-state index in [9.17, 15) is 4.79 Å². The lowest BCUT2D eigenvalue weighted by Crippen LogP contribution is -2.41. The molecule has 1 saturated heterocycles. The van der Waals surface area contributed by atoms with Gasteiger partial charge >= 0.3 is 0 Å². The van der Waals surface area contributed by atoms with Gasteiger partial charge in [-0.25, -0.2) is 0 Å². The van der Waals surface area contributed by atoms with Crippen LogP contribution in [0.15, 0.2) is 0 Å². The molecule has 0 aromatic heterocycles. The summed E-state index contributed by atoms with van der Waals surface area (Å²) in [6, 6.07) is 0. The number of carbonyl (C=O) groups excluding carboxylic acids is 1. The molecule has 1 heterocycles. The van der Waals surface area contributed by atoms with Crippen LogP contribution in [0.2, 0.25) is 0 Å². The van der Waals surface area contributed by atoms with E-state index in [-0.39, 0.29) is 5.41 Å². The lowest BCUT2D eigenvalue weighted by molar-refractivity contribution is -0.133. The van der Waals surface area contributed by atoms with Crippen LogP contribution in [-0.2, 0) is 4.79 Å². The smallest absolute Gasteiger partial charge is 0.223 e. The molecule has 0 radical (unpaired) electrons. The van der Waals surface area contributed by atoms with Crippen LogP contribution in [-0.4, -0.2) is 28.7 Å². The monoisotopic (exact) mass is 261 g/mol. The van der Waals surface area contributed by atoms with Gasteiger partial charge in [0.2, 0.25) is 5.91 Å². The lowest BCUT2D eigenvalue weighted by Gasteiger charge is -2.32. The zero-order valence-corrected chi connectivity index (χ0v) is 10.9. The van der Waals surface area contributed by atoms with Gasteiger partial charge in [-0.15, -0.1) is 0 Å². The summed E-state index contributed by atoms with van der Waals surface area (Å²) < 4.78 is 0. The largest absolute Gasteiger partial charge is 0.342 e. The Morgan fingerprint density at radius 3 is 2.64 bits per heavy atom. The van der Waals surface area contributed by atoms with E-state index in [1.807, 2.05) is 4.90 Å². The Morgan fingerprint density at radius 1 is 1.50 bits per heavy atom. The molecule has 1 aliphatic rings. The van der Waals surface area contributed by atoms with E-state index in [4.69, 9.17) is 0 Å². The van der Waals surface area contributed by atoms with Gasteiger partial charge in [0.05, 0.1) is 0 Å². The fraction of sp³-hybridized carbons (Fsp3) is 0.909. The predicted molar refractivity (Wildman–Crippen MR) is 62.6 cm³/mol. The average Bonchev–Trinajstić information content (AvgIpc) is 2.01. The van der Waals surface area contributed by atoms with Gasteiger partial charge < -0.3 is 4.90 Å². The number of hydrogen-bond donors (Lipinski definition) is 0. The van der Waals surface area contributed by atoms with Crippen molar-refractivity contribution in [3.8, 4) is 0 Å². The van der Waals surface area contributed by atoms with Crippen LogP contribution in [0.1, 0.15) is 40.0 Å². The maximum atomic E-state index is 11.9. The first-order valence-electron chi connectivity index (χ1n) is 5.30. The molecule has 0 aromatic rings. The fourth-order valence-corrected chi connectivity index (χ4v) is 2.39. The highest BCUT2D eigenvalue weighted by molar-refractivity contribution is 9.09. The van der Waals surface area contributed by atoms with Crippen LogP contribution >= 0.6 is 15.9 Å².